The fraction of sp³-hybridized carbons (Fsp3) is 0.188. The number of aryl methyl sites for hydroxylation is 1. The predicted octanol–water partition coefficient (Wildman–Crippen LogP) is 0.906. The van der Waals surface area contributed by atoms with E-state index in [9.17, 15) is 9.59 Å². The van der Waals surface area contributed by atoms with Gasteiger partial charge in [0.25, 0.3) is 11.7 Å². The fourth-order valence-corrected chi connectivity index (χ4v) is 2.02. The second-order valence-corrected chi connectivity index (χ2v) is 5.06. The molecule has 24 heavy (non-hydrogen) atoms. The highest BCUT2D eigenvalue weighted by atomic mass is 16.5. The lowest BCUT2D eigenvalue weighted by molar-refractivity contribution is -0.143. The summed E-state index contributed by atoms with van der Waals surface area (Å²) in [7, 11) is 0. The van der Waals surface area contributed by atoms with Gasteiger partial charge in [-0.15, -0.1) is 5.10 Å². The molecule has 0 spiro atoms. The van der Waals surface area contributed by atoms with E-state index in [1.807, 2.05) is 37.3 Å². The highest BCUT2D eigenvalue weighted by molar-refractivity contribution is 5.92. The third-order valence-corrected chi connectivity index (χ3v) is 3.27. The number of fused-ring (bicyclic) bond motifs is 1. The zero-order valence-corrected chi connectivity index (χ0v) is 13.0. The number of nitrogens with zero attached hydrogens (tertiary/aromatic N) is 4. The summed E-state index contributed by atoms with van der Waals surface area (Å²) in [6.45, 7) is 1.73. The lowest BCUT2D eigenvalue weighted by Crippen LogP contribution is -2.31. The van der Waals surface area contributed by atoms with Crippen LogP contribution in [0.1, 0.15) is 21.9 Å². The molecule has 8 nitrogen and oxygen atoms in total. The number of hydrogen-bond donors (Lipinski definition) is 1. The Balaban J connectivity index is 1.54. The van der Waals surface area contributed by atoms with Gasteiger partial charge in [-0.1, -0.05) is 30.3 Å². The minimum Gasteiger partial charge on any atom is -0.460 e. The van der Waals surface area contributed by atoms with Crippen LogP contribution in [0.3, 0.4) is 0 Å². The van der Waals surface area contributed by atoms with E-state index in [0.717, 1.165) is 11.3 Å². The van der Waals surface area contributed by atoms with Crippen molar-refractivity contribution in [3.05, 3.63) is 59.7 Å². The van der Waals surface area contributed by atoms with E-state index >= 15 is 0 Å². The summed E-state index contributed by atoms with van der Waals surface area (Å²) >= 11 is 0. The van der Waals surface area contributed by atoms with Gasteiger partial charge in [0.2, 0.25) is 5.82 Å². The van der Waals surface area contributed by atoms with Crippen molar-refractivity contribution in [2.24, 2.45) is 0 Å². The standard InChI is InChI=1S/C16H15N5O3/c1-11-7-8-17-16-19-14(20-21(11)16)15(23)18-9-13(22)24-10-12-5-3-2-4-6-12/h2-8H,9-10H2,1H3,(H,18,23). The third kappa shape index (κ3) is 3.54. The third-order valence-electron chi connectivity index (χ3n) is 3.27. The second-order valence-electron chi connectivity index (χ2n) is 5.06. The van der Waals surface area contributed by atoms with Crippen molar-refractivity contribution < 1.29 is 14.3 Å². The molecule has 1 N–H and O–H groups in total. The van der Waals surface area contributed by atoms with Crippen molar-refractivity contribution in [2.45, 2.75) is 13.5 Å². The average molecular weight is 325 g/mol. The second kappa shape index (κ2) is 6.86. The zero-order chi connectivity index (χ0) is 16.9. The summed E-state index contributed by atoms with van der Waals surface area (Å²) in [6, 6.07) is 11.0. The zero-order valence-electron chi connectivity index (χ0n) is 13.0. The van der Waals surface area contributed by atoms with Gasteiger partial charge in [0.05, 0.1) is 0 Å². The molecule has 0 aliphatic carbocycles. The summed E-state index contributed by atoms with van der Waals surface area (Å²) in [5.74, 6) is -0.818. The van der Waals surface area contributed by atoms with E-state index in [1.54, 1.807) is 12.3 Å². The van der Waals surface area contributed by atoms with Gasteiger partial charge in [0, 0.05) is 11.9 Å². The monoisotopic (exact) mass is 325 g/mol. The number of benzene rings is 1. The van der Waals surface area contributed by atoms with E-state index in [2.05, 4.69) is 20.4 Å². The Hall–Kier alpha value is -3.29. The predicted molar refractivity (Wildman–Crippen MR) is 84.1 cm³/mol. The summed E-state index contributed by atoms with van der Waals surface area (Å²) in [5.41, 5.74) is 1.68. The van der Waals surface area contributed by atoms with Gasteiger partial charge in [0.15, 0.2) is 0 Å². The van der Waals surface area contributed by atoms with Crippen LogP contribution in [0.2, 0.25) is 0 Å². The van der Waals surface area contributed by atoms with Crippen LogP contribution in [-0.4, -0.2) is 38.0 Å². The number of aromatic nitrogens is 4. The molecule has 0 saturated carbocycles. The number of esters is 1. The van der Waals surface area contributed by atoms with Crippen LogP contribution in [0, 0.1) is 6.92 Å². The molecule has 0 bridgehead atoms. The summed E-state index contributed by atoms with van der Waals surface area (Å²) in [4.78, 5) is 31.7. The van der Waals surface area contributed by atoms with Crippen LogP contribution >= 0.6 is 0 Å². The molecule has 1 aromatic carbocycles. The van der Waals surface area contributed by atoms with Crippen molar-refractivity contribution in [3.8, 4) is 0 Å². The smallest absolute Gasteiger partial charge is 0.325 e. The Morgan fingerprint density at radius 2 is 2.00 bits per heavy atom. The summed E-state index contributed by atoms with van der Waals surface area (Å²) in [6.07, 6.45) is 1.59. The summed E-state index contributed by atoms with van der Waals surface area (Å²) in [5, 5.41) is 6.50. The molecule has 2 aromatic heterocycles. The number of rotatable bonds is 5. The highest BCUT2D eigenvalue weighted by Crippen LogP contribution is 2.02. The van der Waals surface area contributed by atoms with Crippen molar-refractivity contribution >= 4 is 17.7 Å². The fourth-order valence-electron chi connectivity index (χ4n) is 2.02. The molecular formula is C16H15N5O3. The molecular weight excluding hydrogens is 310 g/mol. The Kier molecular flexibility index (Phi) is 4.46. The SMILES string of the molecule is Cc1ccnc2nc(C(=O)NCC(=O)OCc3ccccc3)nn12. The number of amides is 1. The van der Waals surface area contributed by atoms with Gasteiger partial charge in [-0.2, -0.15) is 4.98 Å². The van der Waals surface area contributed by atoms with Crippen LogP contribution in [0.4, 0.5) is 0 Å². The number of hydrogen-bond acceptors (Lipinski definition) is 6. The molecule has 0 fully saturated rings. The highest BCUT2D eigenvalue weighted by Gasteiger charge is 2.15. The quantitative estimate of drug-likeness (QED) is 0.700. The maximum atomic E-state index is 12.0. The minimum absolute atomic E-state index is 0.0485. The van der Waals surface area contributed by atoms with Crippen molar-refractivity contribution in [1.29, 1.82) is 0 Å². The van der Waals surface area contributed by atoms with Crippen LogP contribution in [0.25, 0.3) is 5.78 Å². The first-order chi connectivity index (χ1) is 11.6. The van der Waals surface area contributed by atoms with Crippen molar-refractivity contribution in [1.82, 2.24) is 24.9 Å². The first-order valence-electron chi connectivity index (χ1n) is 7.29. The molecule has 122 valence electrons. The Bertz CT molecular complexity index is 876. The molecule has 0 aliphatic heterocycles. The topological polar surface area (TPSA) is 98.5 Å². The van der Waals surface area contributed by atoms with Crippen LogP contribution in [0.5, 0.6) is 0 Å². The molecule has 8 heteroatoms. The number of carbonyl (C=O) groups is 2. The van der Waals surface area contributed by atoms with Gasteiger partial charge in [-0.05, 0) is 18.6 Å². The maximum Gasteiger partial charge on any atom is 0.325 e. The molecule has 3 aromatic rings. The Morgan fingerprint density at radius 1 is 1.21 bits per heavy atom. The molecule has 0 aliphatic rings. The number of carbonyl (C=O) groups excluding carboxylic acids is 2. The van der Waals surface area contributed by atoms with E-state index in [4.69, 9.17) is 4.74 Å². The lowest BCUT2D eigenvalue weighted by atomic mass is 10.2. The van der Waals surface area contributed by atoms with Crippen molar-refractivity contribution in [3.63, 3.8) is 0 Å². The first-order valence-corrected chi connectivity index (χ1v) is 7.29. The van der Waals surface area contributed by atoms with E-state index in [0.29, 0.717) is 5.78 Å². The minimum atomic E-state index is -0.559. The Morgan fingerprint density at radius 3 is 2.75 bits per heavy atom. The Labute approximate surface area is 137 Å². The van der Waals surface area contributed by atoms with Crippen LogP contribution < -0.4 is 5.32 Å². The van der Waals surface area contributed by atoms with Gasteiger partial charge in [-0.3, -0.25) is 9.59 Å². The number of nitrogens with one attached hydrogen (secondary N) is 1. The van der Waals surface area contributed by atoms with Gasteiger partial charge in [0.1, 0.15) is 13.2 Å². The number of ether oxygens (including phenoxy) is 1. The first kappa shape index (κ1) is 15.6. The normalized spacial score (nSPS) is 10.5. The molecule has 3 rings (SSSR count). The molecule has 0 radical (unpaired) electrons. The van der Waals surface area contributed by atoms with Crippen molar-refractivity contribution in [2.75, 3.05) is 6.54 Å². The lowest BCUT2D eigenvalue weighted by Gasteiger charge is -2.05. The molecule has 0 atom stereocenters. The van der Waals surface area contributed by atoms with E-state index in [-0.39, 0.29) is 19.0 Å². The molecule has 0 saturated heterocycles. The van der Waals surface area contributed by atoms with Gasteiger partial charge in [-0.25, -0.2) is 9.50 Å². The molecule has 2 heterocycles. The van der Waals surface area contributed by atoms with Gasteiger partial charge >= 0.3 is 5.97 Å². The van der Waals surface area contributed by atoms with Crippen LogP contribution in [-0.2, 0) is 16.1 Å². The van der Waals surface area contributed by atoms with E-state index < -0.39 is 11.9 Å². The van der Waals surface area contributed by atoms with Crippen LogP contribution in [0.15, 0.2) is 42.6 Å². The largest absolute Gasteiger partial charge is 0.460 e. The molecule has 0 unspecified atom stereocenters. The van der Waals surface area contributed by atoms with E-state index in [1.165, 1.54) is 4.52 Å². The van der Waals surface area contributed by atoms with Gasteiger partial charge < -0.3 is 10.1 Å². The maximum absolute atomic E-state index is 12.0. The molecule has 1 amide bonds. The summed E-state index contributed by atoms with van der Waals surface area (Å²) < 4.78 is 6.54. The average Bonchev–Trinajstić information content (AvgIpc) is 3.04.